The predicted octanol–water partition coefficient (Wildman–Crippen LogP) is 3.48. The first kappa shape index (κ1) is 17.9. The number of imidazole rings is 1. The van der Waals surface area contributed by atoms with Gasteiger partial charge in [0.1, 0.15) is 5.82 Å². The van der Waals surface area contributed by atoms with E-state index >= 15 is 0 Å². The van der Waals surface area contributed by atoms with E-state index in [9.17, 15) is 4.79 Å². The van der Waals surface area contributed by atoms with E-state index in [0.717, 1.165) is 28.2 Å². The molecule has 28 heavy (non-hydrogen) atoms. The summed E-state index contributed by atoms with van der Waals surface area (Å²) in [5.74, 6) is 0.764. The monoisotopic (exact) mass is 371 g/mol. The van der Waals surface area contributed by atoms with E-state index in [0.29, 0.717) is 12.0 Å². The van der Waals surface area contributed by atoms with Gasteiger partial charge in [-0.15, -0.1) is 0 Å². The highest BCUT2D eigenvalue weighted by atomic mass is 16.1. The number of fused-ring (bicyclic) bond motifs is 1. The Balaban J connectivity index is 1.55. The second-order valence-electron chi connectivity index (χ2n) is 6.81. The summed E-state index contributed by atoms with van der Waals surface area (Å²) in [6, 6.07) is 15.7. The summed E-state index contributed by atoms with van der Waals surface area (Å²) in [5.41, 5.74) is 4.28. The first-order valence-electron chi connectivity index (χ1n) is 9.22. The van der Waals surface area contributed by atoms with Crippen LogP contribution in [0.15, 0.2) is 67.1 Å². The number of amides is 1. The highest BCUT2D eigenvalue weighted by Gasteiger charge is 2.14. The summed E-state index contributed by atoms with van der Waals surface area (Å²) in [4.78, 5) is 25.6. The van der Waals surface area contributed by atoms with Gasteiger partial charge in [0.15, 0.2) is 0 Å². The van der Waals surface area contributed by atoms with E-state index < -0.39 is 0 Å². The number of nitrogens with zero attached hydrogens (tertiary/aromatic N) is 4. The lowest BCUT2D eigenvalue weighted by Gasteiger charge is -2.13. The van der Waals surface area contributed by atoms with Crippen LogP contribution in [-0.4, -0.2) is 31.5 Å². The zero-order valence-electron chi connectivity index (χ0n) is 15.8. The molecule has 0 spiro atoms. The van der Waals surface area contributed by atoms with Gasteiger partial charge in [0.25, 0.3) is 5.91 Å². The van der Waals surface area contributed by atoms with Gasteiger partial charge in [0.05, 0.1) is 16.7 Å². The van der Waals surface area contributed by atoms with Crippen molar-refractivity contribution in [1.29, 1.82) is 0 Å². The molecule has 4 aromatic rings. The zero-order valence-corrected chi connectivity index (χ0v) is 15.8. The van der Waals surface area contributed by atoms with E-state index in [1.54, 1.807) is 18.6 Å². The first-order chi connectivity index (χ1) is 13.6. The number of aromatic nitrogens is 4. The lowest BCUT2D eigenvalue weighted by Crippen LogP contribution is -2.34. The van der Waals surface area contributed by atoms with Crippen molar-refractivity contribution in [3.05, 3.63) is 84.2 Å². The van der Waals surface area contributed by atoms with Crippen LogP contribution in [0.1, 0.15) is 28.8 Å². The molecule has 1 N–H and O–H groups in total. The Bertz CT molecular complexity index is 1110. The summed E-state index contributed by atoms with van der Waals surface area (Å²) in [6.07, 6.45) is 5.64. The number of rotatable bonds is 5. The molecule has 2 heterocycles. The summed E-state index contributed by atoms with van der Waals surface area (Å²) in [6.45, 7) is 3.93. The van der Waals surface area contributed by atoms with Crippen LogP contribution in [0.25, 0.3) is 16.7 Å². The summed E-state index contributed by atoms with van der Waals surface area (Å²) in [7, 11) is 0. The minimum atomic E-state index is -0.120. The van der Waals surface area contributed by atoms with Gasteiger partial charge in [-0.3, -0.25) is 19.3 Å². The smallest absolute Gasteiger partial charge is 0.251 e. The minimum Gasteiger partial charge on any atom is -0.349 e. The molecular formula is C22H21N5O. The van der Waals surface area contributed by atoms with Crippen molar-refractivity contribution >= 4 is 16.9 Å². The van der Waals surface area contributed by atoms with Crippen molar-refractivity contribution in [2.75, 3.05) is 0 Å². The van der Waals surface area contributed by atoms with Crippen LogP contribution in [0.5, 0.6) is 0 Å². The highest BCUT2D eigenvalue weighted by molar-refractivity contribution is 5.97. The Morgan fingerprint density at radius 2 is 1.96 bits per heavy atom. The standard InChI is InChI=1S/C22H21N5O/c1-15(12-18-14-23-10-11-24-18)25-22(28)17-8-9-21-20(13-17)26-16(2)27(21)19-6-4-3-5-7-19/h3-11,13-15H,12H2,1-2H3,(H,25,28)/t15-/m0/s1. The largest absolute Gasteiger partial charge is 0.349 e. The van der Waals surface area contributed by atoms with Gasteiger partial charge in [-0.2, -0.15) is 0 Å². The molecule has 0 saturated heterocycles. The molecular weight excluding hydrogens is 350 g/mol. The van der Waals surface area contributed by atoms with E-state index in [1.807, 2.05) is 62.4 Å². The molecule has 2 aromatic heterocycles. The summed E-state index contributed by atoms with van der Waals surface area (Å²) in [5, 5.41) is 3.02. The molecule has 0 unspecified atom stereocenters. The van der Waals surface area contributed by atoms with Crippen molar-refractivity contribution in [3.63, 3.8) is 0 Å². The number of nitrogens with one attached hydrogen (secondary N) is 1. The molecule has 0 aliphatic heterocycles. The normalized spacial score (nSPS) is 12.1. The molecule has 1 atom stereocenters. The first-order valence-corrected chi connectivity index (χ1v) is 9.22. The fourth-order valence-corrected chi connectivity index (χ4v) is 3.35. The van der Waals surface area contributed by atoms with Gasteiger partial charge < -0.3 is 5.32 Å². The molecule has 0 aliphatic carbocycles. The van der Waals surface area contributed by atoms with Crippen molar-refractivity contribution < 1.29 is 4.79 Å². The second kappa shape index (κ2) is 7.60. The molecule has 1 amide bonds. The van der Waals surface area contributed by atoms with Crippen LogP contribution in [0.3, 0.4) is 0 Å². The maximum absolute atomic E-state index is 12.7. The molecule has 0 saturated carbocycles. The van der Waals surface area contributed by atoms with Crippen LogP contribution in [0.4, 0.5) is 0 Å². The third-order valence-electron chi connectivity index (χ3n) is 4.61. The van der Waals surface area contributed by atoms with E-state index in [1.165, 1.54) is 0 Å². The maximum atomic E-state index is 12.7. The van der Waals surface area contributed by atoms with E-state index in [-0.39, 0.29) is 11.9 Å². The molecule has 6 nitrogen and oxygen atoms in total. The van der Waals surface area contributed by atoms with Crippen LogP contribution < -0.4 is 5.32 Å². The van der Waals surface area contributed by atoms with Crippen molar-refractivity contribution in [3.8, 4) is 5.69 Å². The Morgan fingerprint density at radius 3 is 2.71 bits per heavy atom. The Kier molecular flexibility index (Phi) is 4.85. The summed E-state index contributed by atoms with van der Waals surface area (Å²) < 4.78 is 2.09. The fraction of sp³-hybridized carbons (Fsp3) is 0.182. The zero-order chi connectivity index (χ0) is 19.5. The van der Waals surface area contributed by atoms with Crippen molar-refractivity contribution in [2.24, 2.45) is 0 Å². The molecule has 0 fully saturated rings. The summed E-state index contributed by atoms with van der Waals surface area (Å²) >= 11 is 0. The molecule has 140 valence electrons. The van der Waals surface area contributed by atoms with Gasteiger partial charge in [0.2, 0.25) is 0 Å². The number of carbonyl (C=O) groups excluding carboxylic acids is 1. The topological polar surface area (TPSA) is 72.7 Å². The number of aryl methyl sites for hydroxylation is 1. The van der Waals surface area contributed by atoms with Gasteiger partial charge in [-0.05, 0) is 44.2 Å². The molecule has 0 bridgehead atoms. The Morgan fingerprint density at radius 1 is 1.14 bits per heavy atom. The number of benzene rings is 2. The Hall–Kier alpha value is -3.54. The molecule has 2 aromatic carbocycles. The van der Waals surface area contributed by atoms with Crippen LogP contribution >= 0.6 is 0 Å². The number of hydrogen-bond acceptors (Lipinski definition) is 4. The molecule has 4 rings (SSSR count). The van der Waals surface area contributed by atoms with Gasteiger partial charge in [0, 0.05) is 42.3 Å². The van der Waals surface area contributed by atoms with E-state index in [4.69, 9.17) is 0 Å². The lowest BCUT2D eigenvalue weighted by atomic mass is 10.1. The highest BCUT2D eigenvalue weighted by Crippen LogP contribution is 2.22. The van der Waals surface area contributed by atoms with Gasteiger partial charge in [-0.1, -0.05) is 18.2 Å². The second-order valence-corrected chi connectivity index (χ2v) is 6.81. The molecule has 6 heteroatoms. The molecule has 0 radical (unpaired) electrons. The van der Waals surface area contributed by atoms with Gasteiger partial charge >= 0.3 is 0 Å². The third-order valence-corrected chi connectivity index (χ3v) is 4.61. The van der Waals surface area contributed by atoms with Crippen LogP contribution in [0.2, 0.25) is 0 Å². The average molecular weight is 371 g/mol. The van der Waals surface area contributed by atoms with Crippen LogP contribution in [0, 0.1) is 6.92 Å². The minimum absolute atomic E-state index is 0.0523. The lowest BCUT2D eigenvalue weighted by molar-refractivity contribution is 0.0940. The predicted molar refractivity (Wildman–Crippen MR) is 108 cm³/mol. The third kappa shape index (κ3) is 3.62. The van der Waals surface area contributed by atoms with Crippen molar-refractivity contribution in [2.45, 2.75) is 26.3 Å². The van der Waals surface area contributed by atoms with Crippen LogP contribution in [-0.2, 0) is 6.42 Å². The fourth-order valence-electron chi connectivity index (χ4n) is 3.35. The number of para-hydroxylation sites is 1. The average Bonchev–Trinajstić information content (AvgIpc) is 3.04. The number of carbonyl (C=O) groups is 1. The van der Waals surface area contributed by atoms with E-state index in [2.05, 4.69) is 24.8 Å². The molecule has 0 aliphatic rings. The maximum Gasteiger partial charge on any atom is 0.251 e. The number of hydrogen-bond donors (Lipinski definition) is 1. The van der Waals surface area contributed by atoms with Crippen molar-refractivity contribution in [1.82, 2.24) is 24.8 Å². The Labute approximate surface area is 163 Å². The van der Waals surface area contributed by atoms with Gasteiger partial charge in [-0.25, -0.2) is 4.98 Å². The SMILES string of the molecule is Cc1nc2cc(C(=O)N[C@@H](C)Cc3cnccn3)ccc2n1-c1ccccc1. The quantitative estimate of drug-likeness (QED) is 0.583.